The largest absolute Gasteiger partial charge is 0.464 e. The predicted octanol–water partition coefficient (Wildman–Crippen LogP) is 5.77. The Morgan fingerprint density at radius 1 is 1.16 bits per heavy atom. The molecule has 10 nitrogen and oxygen atoms in total. The molecule has 4 rings (SSSR count). The Hall–Kier alpha value is -3.66. The molecule has 1 saturated heterocycles. The number of oxazole rings is 1. The van der Waals surface area contributed by atoms with Crippen LogP contribution in [0.1, 0.15) is 59.3 Å². The van der Waals surface area contributed by atoms with Gasteiger partial charge in [0.1, 0.15) is 12.0 Å². The van der Waals surface area contributed by atoms with Crippen LogP contribution in [-0.4, -0.2) is 46.2 Å². The summed E-state index contributed by atoms with van der Waals surface area (Å²) in [7, 11) is 0. The first kappa shape index (κ1) is 26.4. The van der Waals surface area contributed by atoms with Gasteiger partial charge in [0.15, 0.2) is 0 Å². The van der Waals surface area contributed by atoms with Crippen LogP contribution in [0.15, 0.2) is 41.3 Å². The molecule has 2 aromatic heterocycles. The quantitative estimate of drug-likeness (QED) is 0.280. The highest BCUT2D eigenvalue weighted by Crippen LogP contribution is 2.33. The summed E-state index contributed by atoms with van der Waals surface area (Å²) in [5, 5.41) is 9.84. The topological polar surface area (TPSA) is 123 Å². The van der Waals surface area contributed by atoms with Gasteiger partial charge in [0, 0.05) is 24.6 Å². The van der Waals surface area contributed by atoms with Crippen molar-refractivity contribution in [2.24, 2.45) is 0 Å². The second-order valence-electron chi connectivity index (χ2n) is 9.03. The first-order valence-corrected chi connectivity index (χ1v) is 13.1. The molecule has 1 aromatic carbocycles. The number of ether oxygens (including phenoxy) is 2. The molecule has 2 atom stereocenters. The van der Waals surface area contributed by atoms with Crippen LogP contribution >= 0.6 is 0 Å². The summed E-state index contributed by atoms with van der Waals surface area (Å²) in [5.74, 6) is -0.102. The molecule has 0 saturated carbocycles. The second kappa shape index (κ2) is 13.0. The van der Waals surface area contributed by atoms with Crippen LogP contribution in [0.2, 0.25) is 0 Å². The zero-order valence-corrected chi connectivity index (χ0v) is 21.8. The van der Waals surface area contributed by atoms with Crippen LogP contribution in [-0.2, 0) is 9.53 Å². The zero-order valence-electron chi connectivity index (χ0n) is 21.8. The molecule has 1 aliphatic rings. The first-order chi connectivity index (χ1) is 18.1. The summed E-state index contributed by atoms with van der Waals surface area (Å²) in [6.07, 6.45) is 10.3. The first-order valence-electron chi connectivity index (χ1n) is 13.1. The number of hydrogen-bond acceptors (Lipinski definition) is 9. The van der Waals surface area contributed by atoms with Crippen LogP contribution in [0.5, 0.6) is 6.01 Å². The fourth-order valence-electron chi connectivity index (χ4n) is 4.17. The fourth-order valence-corrected chi connectivity index (χ4v) is 4.17. The van der Waals surface area contributed by atoms with Gasteiger partial charge in [0.2, 0.25) is 5.91 Å². The fraction of sp³-hybridized carbons (Fsp3) is 0.481. The van der Waals surface area contributed by atoms with Crippen molar-refractivity contribution in [3.8, 4) is 17.3 Å². The molecule has 0 aliphatic carbocycles. The third kappa shape index (κ3) is 7.42. The Morgan fingerprint density at radius 3 is 2.76 bits per heavy atom. The van der Waals surface area contributed by atoms with Crippen LogP contribution in [0.25, 0.3) is 11.3 Å². The van der Waals surface area contributed by atoms with E-state index < -0.39 is 0 Å². The summed E-state index contributed by atoms with van der Waals surface area (Å²) >= 11 is 0. The Kier molecular flexibility index (Phi) is 9.31. The number of hydrogen-bond donors (Lipinski definition) is 3. The van der Waals surface area contributed by atoms with E-state index in [4.69, 9.17) is 13.9 Å². The van der Waals surface area contributed by atoms with Gasteiger partial charge in [-0.2, -0.15) is 4.98 Å². The lowest BCUT2D eigenvalue weighted by atomic mass is 10.0. The average molecular weight is 509 g/mol. The number of carbonyl (C=O) groups excluding carboxylic acids is 1. The van der Waals surface area contributed by atoms with Gasteiger partial charge in [-0.25, -0.2) is 9.97 Å². The van der Waals surface area contributed by atoms with Gasteiger partial charge < -0.3 is 24.5 Å². The van der Waals surface area contributed by atoms with Crippen molar-refractivity contribution in [2.45, 2.75) is 71.4 Å². The Bertz CT molecular complexity index is 1150. The number of rotatable bonds is 12. The standard InChI is InChI=1S/C27H36N6O4/c1-4-7-8-25(34)33-27-32-24(17-37-27)18-9-10-22(30-19-11-12-36-21(5-2)14-19)23(13-18)31-20-15-28-26(29-16-20)35-6-3/h9-10,13,15-17,19,21,30-31H,4-8,11-12,14H2,1-3H3,(H,32,33,34)/t19-,21-/m1/s1. The lowest BCUT2D eigenvalue weighted by molar-refractivity contribution is -0.116. The number of carbonyl (C=O) groups is 1. The van der Waals surface area contributed by atoms with Gasteiger partial charge in [-0.3, -0.25) is 10.1 Å². The van der Waals surface area contributed by atoms with E-state index in [2.05, 4.69) is 37.8 Å². The molecule has 198 valence electrons. The Balaban J connectivity index is 1.56. The molecule has 3 heterocycles. The van der Waals surface area contributed by atoms with Crippen molar-refractivity contribution in [3.05, 3.63) is 36.9 Å². The number of unbranched alkanes of at least 4 members (excludes halogenated alkanes) is 1. The number of benzene rings is 1. The lowest BCUT2D eigenvalue weighted by Crippen LogP contribution is -2.33. The van der Waals surface area contributed by atoms with Gasteiger partial charge in [-0.1, -0.05) is 26.3 Å². The van der Waals surface area contributed by atoms with Gasteiger partial charge >= 0.3 is 12.0 Å². The summed E-state index contributed by atoms with van der Waals surface area (Å²) in [6.45, 7) is 7.34. The minimum Gasteiger partial charge on any atom is -0.464 e. The number of anilines is 4. The summed E-state index contributed by atoms with van der Waals surface area (Å²) < 4.78 is 16.7. The maximum Gasteiger partial charge on any atom is 0.316 e. The van der Waals surface area contributed by atoms with Gasteiger partial charge in [-0.05, 0) is 44.7 Å². The molecule has 1 fully saturated rings. The maximum atomic E-state index is 12.1. The van der Waals surface area contributed by atoms with E-state index in [0.29, 0.717) is 30.8 Å². The summed E-state index contributed by atoms with van der Waals surface area (Å²) in [6, 6.07) is 6.84. The molecule has 0 radical (unpaired) electrons. The SMILES string of the molecule is CCCCC(=O)Nc1nc(-c2ccc(N[C@@H]3CCO[C@H](CC)C3)c(Nc3cnc(OCC)nc3)c2)co1. The van der Waals surface area contributed by atoms with Crippen molar-refractivity contribution in [3.63, 3.8) is 0 Å². The molecule has 10 heteroatoms. The molecule has 0 bridgehead atoms. The summed E-state index contributed by atoms with van der Waals surface area (Å²) in [4.78, 5) is 25.1. The number of nitrogens with zero attached hydrogens (tertiary/aromatic N) is 3. The van der Waals surface area contributed by atoms with Gasteiger partial charge in [0.25, 0.3) is 0 Å². The molecule has 1 aliphatic heterocycles. The normalized spacial score (nSPS) is 17.3. The molecular weight excluding hydrogens is 472 g/mol. The van der Waals surface area contributed by atoms with Crippen molar-refractivity contribution in [1.82, 2.24) is 15.0 Å². The van der Waals surface area contributed by atoms with Gasteiger partial charge in [-0.15, -0.1) is 0 Å². The number of nitrogens with one attached hydrogen (secondary N) is 3. The van der Waals surface area contributed by atoms with Crippen LogP contribution in [0.3, 0.4) is 0 Å². The van der Waals surface area contributed by atoms with Crippen LogP contribution < -0.4 is 20.7 Å². The van der Waals surface area contributed by atoms with Gasteiger partial charge in [0.05, 0.1) is 42.2 Å². The Labute approximate surface area is 217 Å². The van der Waals surface area contributed by atoms with E-state index in [0.717, 1.165) is 61.3 Å². The molecule has 1 amide bonds. The third-order valence-corrected chi connectivity index (χ3v) is 6.19. The van der Waals surface area contributed by atoms with Crippen molar-refractivity contribution >= 4 is 29.0 Å². The minimum atomic E-state index is -0.102. The Morgan fingerprint density at radius 2 is 2.00 bits per heavy atom. The highest BCUT2D eigenvalue weighted by atomic mass is 16.5. The van der Waals surface area contributed by atoms with E-state index in [1.807, 2.05) is 32.0 Å². The molecule has 37 heavy (non-hydrogen) atoms. The highest BCUT2D eigenvalue weighted by molar-refractivity contribution is 5.89. The smallest absolute Gasteiger partial charge is 0.316 e. The molecule has 0 unspecified atom stereocenters. The van der Waals surface area contributed by atoms with Crippen molar-refractivity contribution in [1.29, 1.82) is 0 Å². The second-order valence-corrected chi connectivity index (χ2v) is 9.03. The number of aromatic nitrogens is 3. The van der Waals surface area contributed by atoms with E-state index >= 15 is 0 Å². The predicted molar refractivity (Wildman–Crippen MR) is 143 cm³/mol. The minimum absolute atomic E-state index is 0.102. The van der Waals surface area contributed by atoms with Crippen molar-refractivity contribution in [2.75, 3.05) is 29.2 Å². The van der Waals surface area contributed by atoms with E-state index in [1.54, 1.807) is 18.7 Å². The van der Waals surface area contributed by atoms with Crippen LogP contribution in [0, 0.1) is 0 Å². The molecular formula is C27H36N6O4. The molecule has 0 spiro atoms. The summed E-state index contributed by atoms with van der Waals surface area (Å²) in [5.41, 5.74) is 4.00. The number of amides is 1. The van der Waals surface area contributed by atoms with Crippen molar-refractivity contribution < 1.29 is 18.7 Å². The average Bonchev–Trinajstić information content (AvgIpc) is 3.38. The lowest BCUT2D eigenvalue weighted by Gasteiger charge is -2.31. The van der Waals surface area contributed by atoms with E-state index in [-0.39, 0.29) is 18.0 Å². The molecule has 3 N–H and O–H groups in total. The zero-order chi connectivity index (χ0) is 26.0. The van der Waals surface area contributed by atoms with Crippen LogP contribution in [0.4, 0.5) is 23.1 Å². The monoisotopic (exact) mass is 508 g/mol. The third-order valence-electron chi connectivity index (χ3n) is 6.19. The molecule has 3 aromatic rings. The van der Waals surface area contributed by atoms with E-state index in [9.17, 15) is 4.79 Å². The highest BCUT2D eigenvalue weighted by Gasteiger charge is 2.22. The maximum absolute atomic E-state index is 12.1. The van der Waals surface area contributed by atoms with E-state index in [1.165, 1.54) is 0 Å².